The van der Waals surface area contributed by atoms with Crippen molar-refractivity contribution < 1.29 is 9.32 Å². The minimum Gasteiger partial charge on any atom is -0.341 e. The van der Waals surface area contributed by atoms with Crippen LogP contribution in [0.4, 0.5) is 0 Å². The number of hydrogen-bond donors (Lipinski definition) is 0. The Balaban J connectivity index is 1.74. The monoisotopic (exact) mass is 328 g/mol. The van der Waals surface area contributed by atoms with E-state index in [1.54, 1.807) is 12.4 Å². The second kappa shape index (κ2) is 7.11. The maximum Gasteiger partial charge on any atom is 0.232 e. The Morgan fingerprint density at radius 2 is 2.00 bits per heavy atom. The van der Waals surface area contributed by atoms with Crippen LogP contribution < -0.4 is 0 Å². The van der Waals surface area contributed by atoms with E-state index in [2.05, 4.69) is 35.9 Å². The SMILES string of the molecule is CCC(CC)C(=O)N1CC(C)C(c2nc(-c3ccncc3)no2)C1. The molecule has 1 aliphatic heterocycles. The Hall–Kier alpha value is -2.24. The van der Waals surface area contributed by atoms with Crippen LogP contribution in [0.5, 0.6) is 0 Å². The van der Waals surface area contributed by atoms with Gasteiger partial charge in [-0.2, -0.15) is 4.98 Å². The van der Waals surface area contributed by atoms with Crippen molar-refractivity contribution in [1.29, 1.82) is 0 Å². The van der Waals surface area contributed by atoms with Gasteiger partial charge >= 0.3 is 0 Å². The molecule has 6 nitrogen and oxygen atoms in total. The molecule has 2 aromatic heterocycles. The lowest BCUT2D eigenvalue weighted by atomic mass is 9.98. The summed E-state index contributed by atoms with van der Waals surface area (Å²) in [4.78, 5) is 23.1. The van der Waals surface area contributed by atoms with E-state index < -0.39 is 0 Å². The van der Waals surface area contributed by atoms with E-state index in [-0.39, 0.29) is 17.7 Å². The van der Waals surface area contributed by atoms with Crippen molar-refractivity contribution in [2.24, 2.45) is 11.8 Å². The highest BCUT2D eigenvalue weighted by Gasteiger charge is 2.38. The van der Waals surface area contributed by atoms with E-state index >= 15 is 0 Å². The summed E-state index contributed by atoms with van der Waals surface area (Å²) in [5, 5.41) is 4.09. The van der Waals surface area contributed by atoms with Gasteiger partial charge in [-0.3, -0.25) is 9.78 Å². The fourth-order valence-corrected chi connectivity index (χ4v) is 3.37. The maximum atomic E-state index is 12.6. The van der Waals surface area contributed by atoms with Crippen molar-refractivity contribution in [3.63, 3.8) is 0 Å². The van der Waals surface area contributed by atoms with Crippen LogP contribution in [0.2, 0.25) is 0 Å². The van der Waals surface area contributed by atoms with Gasteiger partial charge in [0.1, 0.15) is 0 Å². The summed E-state index contributed by atoms with van der Waals surface area (Å²) in [7, 11) is 0. The molecule has 1 amide bonds. The average molecular weight is 328 g/mol. The van der Waals surface area contributed by atoms with E-state index in [1.807, 2.05) is 17.0 Å². The summed E-state index contributed by atoms with van der Waals surface area (Å²) in [5.41, 5.74) is 0.885. The normalized spacial score (nSPS) is 20.8. The summed E-state index contributed by atoms with van der Waals surface area (Å²) in [6.45, 7) is 7.70. The zero-order valence-corrected chi connectivity index (χ0v) is 14.5. The van der Waals surface area contributed by atoms with Gasteiger partial charge in [-0.1, -0.05) is 25.9 Å². The van der Waals surface area contributed by atoms with Crippen LogP contribution in [0.15, 0.2) is 29.0 Å². The van der Waals surface area contributed by atoms with E-state index in [1.165, 1.54) is 0 Å². The van der Waals surface area contributed by atoms with Gasteiger partial charge in [0.2, 0.25) is 17.6 Å². The number of aromatic nitrogens is 3. The smallest absolute Gasteiger partial charge is 0.232 e. The molecular weight excluding hydrogens is 304 g/mol. The van der Waals surface area contributed by atoms with Gasteiger partial charge in [0.25, 0.3) is 0 Å². The molecule has 2 unspecified atom stereocenters. The highest BCUT2D eigenvalue weighted by atomic mass is 16.5. The molecule has 24 heavy (non-hydrogen) atoms. The molecule has 2 aromatic rings. The van der Waals surface area contributed by atoms with E-state index in [0.29, 0.717) is 24.2 Å². The van der Waals surface area contributed by atoms with Crippen molar-refractivity contribution >= 4 is 5.91 Å². The van der Waals surface area contributed by atoms with Crippen LogP contribution >= 0.6 is 0 Å². The standard InChI is InChI=1S/C18H24N4O2/c1-4-13(5-2)18(23)22-10-12(3)15(11-22)17-20-16(21-24-17)14-6-8-19-9-7-14/h6-9,12-13,15H,4-5,10-11H2,1-3H3. The number of hydrogen-bond acceptors (Lipinski definition) is 5. The zero-order chi connectivity index (χ0) is 17.1. The van der Waals surface area contributed by atoms with E-state index in [9.17, 15) is 4.79 Å². The van der Waals surface area contributed by atoms with Gasteiger partial charge in [-0.05, 0) is 30.9 Å². The molecule has 0 aromatic carbocycles. The molecule has 3 heterocycles. The Morgan fingerprint density at radius 1 is 1.29 bits per heavy atom. The first-order valence-corrected chi connectivity index (χ1v) is 8.66. The predicted octanol–water partition coefficient (Wildman–Crippen LogP) is 3.13. The number of nitrogens with zero attached hydrogens (tertiary/aromatic N) is 4. The topological polar surface area (TPSA) is 72.1 Å². The molecule has 128 valence electrons. The first kappa shape index (κ1) is 16.6. The van der Waals surface area contributed by atoms with Crippen LogP contribution in [-0.2, 0) is 4.79 Å². The van der Waals surface area contributed by atoms with Crippen LogP contribution in [0, 0.1) is 11.8 Å². The number of pyridine rings is 1. The molecule has 2 atom stereocenters. The Morgan fingerprint density at radius 3 is 2.67 bits per heavy atom. The summed E-state index contributed by atoms with van der Waals surface area (Å²) < 4.78 is 5.50. The van der Waals surface area contributed by atoms with Crippen molar-refractivity contribution in [2.45, 2.75) is 39.5 Å². The second-order valence-electron chi connectivity index (χ2n) is 6.53. The Bertz CT molecular complexity index is 681. The molecule has 0 spiro atoms. The number of amides is 1. The van der Waals surface area contributed by atoms with Gasteiger partial charge in [0.05, 0.1) is 5.92 Å². The summed E-state index contributed by atoms with van der Waals surface area (Å²) >= 11 is 0. The van der Waals surface area contributed by atoms with Gasteiger partial charge in [0, 0.05) is 37.0 Å². The van der Waals surface area contributed by atoms with Crippen LogP contribution in [0.25, 0.3) is 11.4 Å². The lowest BCUT2D eigenvalue weighted by Crippen LogP contribution is -2.34. The van der Waals surface area contributed by atoms with E-state index in [4.69, 9.17) is 4.52 Å². The van der Waals surface area contributed by atoms with Crippen LogP contribution in [0.1, 0.15) is 45.4 Å². The van der Waals surface area contributed by atoms with Crippen molar-refractivity contribution in [1.82, 2.24) is 20.0 Å². The highest BCUT2D eigenvalue weighted by molar-refractivity contribution is 5.79. The predicted molar refractivity (Wildman–Crippen MR) is 90.1 cm³/mol. The molecular formula is C18H24N4O2. The van der Waals surface area contributed by atoms with Gasteiger partial charge < -0.3 is 9.42 Å². The molecule has 3 rings (SSSR count). The summed E-state index contributed by atoms with van der Waals surface area (Å²) in [6.07, 6.45) is 5.19. The van der Waals surface area contributed by atoms with Crippen LogP contribution in [0.3, 0.4) is 0 Å². The average Bonchev–Trinajstić information content (AvgIpc) is 3.23. The molecule has 1 aliphatic rings. The molecule has 0 aliphatic carbocycles. The second-order valence-corrected chi connectivity index (χ2v) is 6.53. The molecule has 0 bridgehead atoms. The first-order chi connectivity index (χ1) is 11.6. The van der Waals surface area contributed by atoms with E-state index in [0.717, 1.165) is 24.9 Å². The molecule has 0 saturated carbocycles. The van der Waals surface area contributed by atoms with Crippen molar-refractivity contribution in [3.05, 3.63) is 30.4 Å². The fourth-order valence-electron chi connectivity index (χ4n) is 3.37. The van der Waals surface area contributed by atoms with Gasteiger partial charge in [-0.25, -0.2) is 0 Å². The fraction of sp³-hybridized carbons (Fsp3) is 0.556. The third kappa shape index (κ3) is 3.18. The number of carbonyl (C=O) groups is 1. The number of carbonyl (C=O) groups excluding carboxylic acids is 1. The Kier molecular flexibility index (Phi) is 4.92. The van der Waals surface area contributed by atoms with Crippen molar-refractivity contribution in [2.75, 3.05) is 13.1 Å². The lowest BCUT2D eigenvalue weighted by molar-refractivity contribution is -0.134. The lowest BCUT2D eigenvalue weighted by Gasteiger charge is -2.21. The first-order valence-electron chi connectivity index (χ1n) is 8.66. The molecule has 1 fully saturated rings. The quantitative estimate of drug-likeness (QED) is 0.843. The zero-order valence-electron chi connectivity index (χ0n) is 14.5. The molecule has 1 saturated heterocycles. The minimum atomic E-state index is 0.103. The van der Waals surface area contributed by atoms with Crippen molar-refractivity contribution in [3.8, 4) is 11.4 Å². The highest BCUT2D eigenvalue weighted by Crippen LogP contribution is 2.33. The third-order valence-corrected chi connectivity index (χ3v) is 4.96. The molecule has 0 radical (unpaired) electrons. The maximum absolute atomic E-state index is 12.6. The number of likely N-dealkylation sites (tertiary alicyclic amines) is 1. The van der Waals surface area contributed by atoms with Crippen LogP contribution in [-0.4, -0.2) is 39.0 Å². The summed E-state index contributed by atoms with van der Waals surface area (Å²) in [6, 6.07) is 3.71. The van der Waals surface area contributed by atoms with Gasteiger partial charge in [-0.15, -0.1) is 0 Å². The number of rotatable bonds is 5. The Labute approximate surface area is 142 Å². The molecule has 0 N–H and O–H groups in total. The molecule has 6 heteroatoms. The third-order valence-electron chi connectivity index (χ3n) is 4.96. The largest absolute Gasteiger partial charge is 0.341 e. The minimum absolute atomic E-state index is 0.103. The van der Waals surface area contributed by atoms with Gasteiger partial charge in [0.15, 0.2) is 0 Å². The summed E-state index contributed by atoms with van der Waals surface area (Å²) in [5.74, 6) is 1.98.